The van der Waals surface area contributed by atoms with E-state index in [1.165, 1.54) is 6.92 Å². The van der Waals surface area contributed by atoms with Crippen LogP contribution >= 0.6 is 0 Å². The van der Waals surface area contributed by atoms with Crippen LogP contribution in [0.25, 0.3) is 0 Å². The lowest BCUT2D eigenvalue weighted by atomic mass is 10.1. The van der Waals surface area contributed by atoms with Gasteiger partial charge in [-0.3, -0.25) is 4.79 Å². The van der Waals surface area contributed by atoms with Gasteiger partial charge in [-0.15, -0.1) is 0 Å². The number of carbonyl (C=O) groups excluding carboxylic acids is 1. The summed E-state index contributed by atoms with van der Waals surface area (Å²) >= 11 is 0. The van der Waals surface area contributed by atoms with Crippen molar-refractivity contribution in [1.29, 1.82) is 0 Å². The van der Waals surface area contributed by atoms with E-state index in [1.807, 2.05) is 0 Å². The lowest BCUT2D eigenvalue weighted by Gasteiger charge is -2.44. The van der Waals surface area contributed by atoms with E-state index in [9.17, 15) is 4.79 Å². The molecular weight excluding hydrogens is 160 g/mol. The van der Waals surface area contributed by atoms with Gasteiger partial charge in [0.2, 0.25) is 0 Å². The summed E-state index contributed by atoms with van der Waals surface area (Å²) in [4.78, 5) is 10.9. The Morgan fingerprint density at radius 2 is 1.83 bits per heavy atom. The van der Waals surface area contributed by atoms with Crippen molar-refractivity contribution in [1.82, 2.24) is 0 Å². The predicted octanol–water partition coefficient (Wildman–Crippen LogP) is 0.312. The highest BCUT2D eigenvalue weighted by atomic mass is 16.9. The van der Waals surface area contributed by atoms with Gasteiger partial charge in [-0.2, -0.15) is 0 Å². The first-order valence-corrected chi connectivity index (χ1v) is 4.11. The molecule has 12 heavy (non-hydrogen) atoms. The molecule has 3 aliphatic rings. The Kier molecular flexibility index (Phi) is 1.90. The number of hydrogen-bond donors (Lipinski definition) is 0. The molecule has 0 aromatic carbocycles. The van der Waals surface area contributed by atoms with Crippen LogP contribution in [0.5, 0.6) is 0 Å². The third-order valence-corrected chi connectivity index (χ3v) is 2.08. The minimum atomic E-state index is -1.04. The largest absolute Gasteiger partial charge is 0.327 e. The van der Waals surface area contributed by atoms with Crippen molar-refractivity contribution in [3.05, 3.63) is 0 Å². The maximum Gasteiger partial charge on any atom is 0.290 e. The zero-order valence-electron chi connectivity index (χ0n) is 7.04. The number of hydrogen-bond acceptors (Lipinski definition) is 4. The number of ether oxygens (including phenoxy) is 3. The van der Waals surface area contributed by atoms with E-state index in [4.69, 9.17) is 14.2 Å². The molecule has 0 N–H and O–H groups in total. The van der Waals surface area contributed by atoms with E-state index in [1.54, 1.807) is 0 Å². The van der Waals surface area contributed by atoms with Crippen molar-refractivity contribution in [2.75, 3.05) is 19.8 Å². The number of Topliss-reactive ketones (excluding diaryl/α,β-unsaturated/α-hetero) is 1. The van der Waals surface area contributed by atoms with Crippen LogP contribution in [0, 0.1) is 5.92 Å². The van der Waals surface area contributed by atoms with E-state index < -0.39 is 5.97 Å². The summed E-state index contributed by atoms with van der Waals surface area (Å²) in [5.74, 6) is -0.671. The highest BCUT2D eigenvalue weighted by Gasteiger charge is 2.45. The second kappa shape index (κ2) is 2.80. The lowest BCUT2D eigenvalue weighted by Crippen LogP contribution is -2.54. The standard InChI is InChI=1S/C8H12O4/c1-6(9)2-8-10-3-7(4-11-8)5-12-8/h7H,2-5H2,1H3. The normalized spacial score (nSPS) is 39.9. The molecular formula is C8H12O4. The molecule has 0 aromatic heterocycles. The van der Waals surface area contributed by atoms with Gasteiger partial charge in [-0.25, -0.2) is 0 Å². The van der Waals surface area contributed by atoms with Crippen LogP contribution in [0.4, 0.5) is 0 Å². The highest BCUT2D eigenvalue weighted by molar-refractivity contribution is 5.76. The van der Waals surface area contributed by atoms with Crippen molar-refractivity contribution < 1.29 is 19.0 Å². The van der Waals surface area contributed by atoms with Crippen LogP contribution in [-0.4, -0.2) is 31.6 Å². The van der Waals surface area contributed by atoms with Crippen LogP contribution in [0.15, 0.2) is 0 Å². The molecule has 68 valence electrons. The average molecular weight is 172 g/mol. The maximum atomic E-state index is 10.9. The van der Waals surface area contributed by atoms with Gasteiger partial charge in [-0.05, 0) is 6.92 Å². The van der Waals surface area contributed by atoms with Gasteiger partial charge in [0.25, 0.3) is 5.97 Å². The summed E-state index contributed by atoms with van der Waals surface area (Å²) in [5.41, 5.74) is 0. The van der Waals surface area contributed by atoms with Gasteiger partial charge >= 0.3 is 0 Å². The second-order valence-corrected chi connectivity index (χ2v) is 3.36. The topological polar surface area (TPSA) is 44.8 Å². The summed E-state index contributed by atoms with van der Waals surface area (Å²) in [6, 6.07) is 0. The van der Waals surface area contributed by atoms with Crippen molar-refractivity contribution in [2.45, 2.75) is 19.3 Å². The average Bonchev–Trinajstić information content (AvgIpc) is 2.05. The molecule has 0 amide bonds. The summed E-state index contributed by atoms with van der Waals surface area (Å²) < 4.78 is 15.9. The minimum absolute atomic E-state index is 0.0235. The van der Waals surface area contributed by atoms with Crippen LogP contribution in [0.1, 0.15) is 13.3 Å². The lowest BCUT2D eigenvalue weighted by molar-refractivity contribution is -0.445. The number of fused-ring (bicyclic) bond motifs is 3. The number of carbonyl (C=O) groups is 1. The van der Waals surface area contributed by atoms with Crippen molar-refractivity contribution >= 4 is 5.78 Å². The van der Waals surface area contributed by atoms with E-state index in [2.05, 4.69) is 0 Å². The zero-order valence-corrected chi connectivity index (χ0v) is 7.04. The third kappa shape index (κ3) is 1.37. The minimum Gasteiger partial charge on any atom is -0.327 e. The fourth-order valence-corrected chi connectivity index (χ4v) is 1.46. The molecule has 0 radical (unpaired) electrons. The van der Waals surface area contributed by atoms with E-state index in [0.29, 0.717) is 25.7 Å². The molecule has 3 aliphatic heterocycles. The zero-order chi connectivity index (χ0) is 8.60. The first kappa shape index (κ1) is 8.16. The molecule has 0 aliphatic carbocycles. The summed E-state index contributed by atoms with van der Waals surface area (Å²) in [6.07, 6.45) is 0.194. The predicted molar refractivity (Wildman–Crippen MR) is 39.4 cm³/mol. The molecule has 0 aromatic rings. The maximum absolute atomic E-state index is 10.9. The Morgan fingerprint density at radius 1 is 1.33 bits per heavy atom. The van der Waals surface area contributed by atoms with Crippen molar-refractivity contribution in [2.24, 2.45) is 5.92 Å². The SMILES string of the molecule is CC(=O)CC12OCC(CO1)CO2. The Hall–Kier alpha value is -0.450. The van der Waals surface area contributed by atoms with Gasteiger partial charge in [0.1, 0.15) is 5.78 Å². The monoisotopic (exact) mass is 172 g/mol. The van der Waals surface area contributed by atoms with Gasteiger partial charge < -0.3 is 14.2 Å². The van der Waals surface area contributed by atoms with E-state index in [0.717, 1.165) is 0 Å². The van der Waals surface area contributed by atoms with Crippen LogP contribution in [0.2, 0.25) is 0 Å². The molecule has 4 nitrogen and oxygen atoms in total. The molecule has 0 saturated carbocycles. The van der Waals surface area contributed by atoms with Crippen molar-refractivity contribution in [3.63, 3.8) is 0 Å². The molecule has 3 heterocycles. The Morgan fingerprint density at radius 3 is 2.25 bits per heavy atom. The number of rotatable bonds is 2. The first-order chi connectivity index (χ1) is 5.70. The molecule has 0 spiro atoms. The third-order valence-electron chi connectivity index (χ3n) is 2.08. The summed E-state index contributed by atoms with van der Waals surface area (Å²) in [5, 5.41) is 0. The van der Waals surface area contributed by atoms with Crippen LogP contribution in [-0.2, 0) is 19.0 Å². The summed E-state index contributed by atoms with van der Waals surface area (Å²) in [7, 11) is 0. The fourth-order valence-electron chi connectivity index (χ4n) is 1.46. The molecule has 3 fully saturated rings. The number of ketones is 1. The highest BCUT2D eigenvalue weighted by Crippen LogP contribution is 2.32. The molecule has 2 bridgehead atoms. The van der Waals surface area contributed by atoms with Gasteiger partial charge in [-0.1, -0.05) is 0 Å². The summed E-state index contributed by atoms with van der Waals surface area (Å²) in [6.45, 7) is 3.44. The van der Waals surface area contributed by atoms with E-state index in [-0.39, 0.29) is 12.2 Å². The van der Waals surface area contributed by atoms with E-state index >= 15 is 0 Å². The van der Waals surface area contributed by atoms with Gasteiger partial charge in [0, 0.05) is 5.92 Å². The van der Waals surface area contributed by atoms with Crippen LogP contribution < -0.4 is 0 Å². The Balaban J connectivity index is 2.03. The molecule has 0 atom stereocenters. The van der Waals surface area contributed by atoms with Crippen LogP contribution in [0.3, 0.4) is 0 Å². The second-order valence-electron chi connectivity index (χ2n) is 3.36. The molecule has 3 rings (SSSR count). The van der Waals surface area contributed by atoms with Gasteiger partial charge in [0.15, 0.2) is 0 Å². The fraction of sp³-hybridized carbons (Fsp3) is 0.875. The molecule has 4 heteroatoms. The molecule has 3 saturated heterocycles. The Bertz CT molecular complexity index is 179. The smallest absolute Gasteiger partial charge is 0.290 e. The molecule has 0 unspecified atom stereocenters. The first-order valence-electron chi connectivity index (χ1n) is 4.11. The quantitative estimate of drug-likeness (QED) is 0.601. The van der Waals surface area contributed by atoms with Crippen molar-refractivity contribution in [3.8, 4) is 0 Å². The Labute approximate surface area is 70.8 Å². The van der Waals surface area contributed by atoms with Gasteiger partial charge in [0.05, 0.1) is 26.2 Å².